The molecule has 1 atom stereocenters. The van der Waals surface area contributed by atoms with E-state index >= 15 is 0 Å². The molecule has 142 valence electrons. The Balaban J connectivity index is 1.60. The minimum Gasteiger partial charge on any atom is -0.339 e. The van der Waals surface area contributed by atoms with Gasteiger partial charge >= 0.3 is 0 Å². The van der Waals surface area contributed by atoms with E-state index in [-0.39, 0.29) is 17.7 Å². The maximum atomic E-state index is 12.8. The molecule has 0 spiro atoms. The van der Waals surface area contributed by atoms with Crippen molar-refractivity contribution >= 4 is 17.5 Å². The van der Waals surface area contributed by atoms with E-state index in [1.165, 1.54) is 12.8 Å². The van der Waals surface area contributed by atoms with Crippen molar-refractivity contribution in [3.8, 4) is 0 Å². The average Bonchev–Trinajstić information content (AvgIpc) is 3.03. The summed E-state index contributed by atoms with van der Waals surface area (Å²) in [7, 11) is 0. The molecule has 0 bridgehead atoms. The molecule has 1 aromatic rings. The van der Waals surface area contributed by atoms with Gasteiger partial charge in [-0.1, -0.05) is 32.0 Å². The van der Waals surface area contributed by atoms with Gasteiger partial charge in [0, 0.05) is 31.2 Å². The summed E-state index contributed by atoms with van der Waals surface area (Å²) in [5.74, 6) is 0.630. The van der Waals surface area contributed by atoms with Crippen molar-refractivity contribution in [3.63, 3.8) is 0 Å². The second-order valence-corrected chi connectivity index (χ2v) is 7.79. The predicted octanol–water partition coefficient (Wildman–Crippen LogP) is 3.16. The molecule has 1 saturated carbocycles. The van der Waals surface area contributed by atoms with Crippen molar-refractivity contribution in [2.45, 2.75) is 58.5 Å². The highest BCUT2D eigenvalue weighted by molar-refractivity contribution is 5.97. The summed E-state index contributed by atoms with van der Waals surface area (Å²) in [6, 6.07) is 8.19. The lowest BCUT2D eigenvalue weighted by Crippen LogP contribution is -2.39. The maximum absolute atomic E-state index is 12.8. The first-order valence-corrected chi connectivity index (χ1v) is 9.97. The standard InChI is InChI=1S/C21H31N3O2/c1-3-22-13-16-6-4-5-7-19(16)23-21(26)17-12-20(25)24(14-17)18-10-8-15(2)9-11-18/h4-7,15,17-18,22H,3,8-14H2,1-2H3,(H,23,26). The fourth-order valence-electron chi connectivity index (χ4n) is 4.11. The van der Waals surface area contributed by atoms with Crippen LogP contribution >= 0.6 is 0 Å². The molecular formula is C21H31N3O2. The number of rotatable bonds is 6. The van der Waals surface area contributed by atoms with Crippen molar-refractivity contribution in [1.82, 2.24) is 10.2 Å². The average molecular weight is 357 g/mol. The number of hydrogen-bond acceptors (Lipinski definition) is 3. The number of hydrogen-bond donors (Lipinski definition) is 2. The Bertz CT molecular complexity index is 638. The van der Waals surface area contributed by atoms with Crippen LogP contribution in [0.1, 0.15) is 51.5 Å². The Hall–Kier alpha value is -1.88. The zero-order chi connectivity index (χ0) is 18.5. The largest absolute Gasteiger partial charge is 0.339 e. The van der Waals surface area contributed by atoms with Crippen LogP contribution in [0.25, 0.3) is 0 Å². The second kappa shape index (κ2) is 8.67. The van der Waals surface area contributed by atoms with Gasteiger partial charge in [0.05, 0.1) is 5.92 Å². The molecule has 26 heavy (non-hydrogen) atoms. The van der Waals surface area contributed by atoms with E-state index in [9.17, 15) is 9.59 Å². The zero-order valence-electron chi connectivity index (χ0n) is 16.0. The van der Waals surface area contributed by atoms with Crippen LogP contribution < -0.4 is 10.6 Å². The van der Waals surface area contributed by atoms with Gasteiger partial charge in [-0.05, 0) is 49.8 Å². The van der Waals surface area contributed by atoms with Crippen LogP contribution in [0, 0.1) is 11.8 Å². The van der Waals surface area contributed by atoms with Crippen LogP contribution in [0.15, 0.2) is 24.3 Å². The Morgan fingerprint density at radius 1 is 1.19 bits per heavy atom. The lowest BCUT2D eigenvalue weighted by Gasteiger charge is -2.33. The molecule has 2 amide bonds. The minimum absolute atomic E-state index is 0.0334. The summed E-state index contributed by atoms with van der Waals surface area (Å²) in [6.07, 6.45) is 4.86. The molecule has 2 aliphatic rings. The molecule has 2 N–H and O–H groups in total. The van der Waals surface area contributed by atoms with E-state index < -0.39 is 0 Å². The molecule has 2 fully saturated rings. The van der Waals surface area contributed by atoms with Gasteiger partial charge in [-0.15, -0.1) is 0 Å². The molecular weight excluding hydrogens is 326 g/mol. The summed E-state index contributed by atoms with van der Waals surface area (Å²) >= 11 is 0. The molecule has 5 nitrogen and oxygen atoms in total. The molecule has 1 aliphatic heterocycles. The minimum atomic E-state index is -0.242. The number of anilines is 1. The summed E-state index contributed by atoms with van der Waals surface area (Å²) in [4.78, 5) is 27.2. The number of nitrogens with zero attached hydrogens (tertiary/aromatic N) is 1. The van der Waals surface area contributed by atoms with Crippen molar-refractivity contribution in [2.75, 3.05) is 18.4 Å². The molecule has 3 rings (SSSR count). The summed E-state index contributed by atoms with van der Waals surface area (Å²) in [5.41, 5.74) is 1.92. The number of para-hydroxylation sites is 1. The van der Waals surface area contributed by atoms with Crippen LogP contribution in [0.4, 0.5) is 5.69 Å². The Kier molecular flexibility index (Phi) is 6.30. The third-order valence-electron chi connectivity index (χ3n) is 5.80. The quantitative estimate of drug-likeness (QED) is 0.822. The number of nitrogens with one attached hydrogen (secondary N) is 2. The SMILES string of the molecule is CCNCc1ccccc1NC(=O)C1CC(=O)N(C2CCC(C)CC2)C1. The fraction of sp³-hybridized carbons (Fsp3) is 0.619. The van der Waals surface area contributed by atoms with E-state index in [1.807, 2.05) is 29.2 Å². The predicted molar refractivity (Wildman–Crippen MR) is 104 cm³/mol. The number of carbonyl (C=O) groups is 2. The molecule has 1 unspecified atom stereocenters. The molecule has 5 heteroatoms. The normalized spacial score (nSPS) is 26.2. The number of benzene rings is 1. The van der Waals surface area contributed by atoms with Crippen molar-refractivity contribution < 1.29 is 9.59 Å². The van der Waals surface area contributed by atoms with Gasteiger partial charge < -0.3 is 15.5 Å². The summed E-state index contributed by atoms with van der Waals surface area (Å²) < 4.78 is 0. The smallest absolute Gasteiger partial charge is 0.229 e. The Morgan fingerprint density at radius 3 is 2.65 bits per heavy atom. The van der Waals surface area contributed by atoms with E-state index in [4.69, 9.17) is 0 Å². The monoisotopic (exact) mass is 357 g/mol. The highest BCUT2D eigenvalue weighted by atomic mass is 16.2. The van der Waals surface area contributed by atoms with Gasteiger partial charge in [0.1, 0.15) is 0 Å². The third-order valence-corrected chi connectivity index (χ3v) is 5.80. The van der Waals surface area contributed by atoms with Crippen LogP contribution in [0.5, 0.6) is 0 Å². The van der Waals surface area contributed by atoms with Crippen LogP contribution in [-0.4, -0.2) is 35.8 Å². The summed E-state index contributed by atoms with van der Waals surface area (Å²) in [6.45, 7) is 6.52. The van der Waals surface area contributed by atoms with Gasteiger partial charge in [0.2, 0.25) is 11.8 Å². The van der Waals surface area contributed by atoms with E-state index in [1.54, 1.807) is 0 Å². The molecule has 0 radical (unpaired) electrons. The van der Waals surface area contributed by atoms with Crippen LogP contribution in [0.2, 0.25) is 0 Å². The fourth-order valence-corrected chi connectivity index (χ4v) is 4.11. The number of likely N-dealkylation sites (tertiary alicyclic amines) is 1. The van der Waals surface area contributed by atoms with Crippen LogP contribution in [-0.2, 0) is 16.1 Å². The summed E-state index contributed by atoms with van der Waals surface area (Å²) in [5, 5.41) is 6.35. The molecule has 1 saturated heterocycles. The van der Waals surface area contributed by atoms with Crippen molar-refractivity contribution in [2.24, 2.45) is 11.8 Å². The maximum Gasteiger partial charge on any atom is 0.229 e. The van der Waals surface area contributed by atoms with E-state index in [0.29, 0.717) is 19.0 Å². The van der Waals surface area contributed by atoms with Gasteiger partial charge in [0.15, 0.2) is 0 Å². The number of amides is 2. The highest BCUT2D eigenvalue weighted by Crippen LogP contribution is 2.31. The zero-order valence-corrected chi connectivity index (χ0v) is 16.0. The lowest BCUT2D eigenvalue weighted by atomic mass is 9.87. The topological polar surface area (TPSA) is 61.4 Å². The first-order chi connectivity index (χ1) is 12.6. The highest BCUT2D eigenvalue weighted by Gasteiger charge is 2.38. The third kappa shape index (κ3) is 4.44. The molecule has 1 aromatic carbocycles. The Morgan fingerprint density at radius 2 is 1.92 bits per heavy atom. The Labute approximate surface area is 156 Å². The van der Waals surface area contributed by atoms with E-state index in [2.05, 4.69) is 24.5 Å². The van der Waals surface area contributed by atoms with Crippen molar-refractivity contribution in [3.05, 3.63) is 29.8 Å². The van der Waals surface area contributed by atoms with Gasteiger partial charge in [0.25, 0.3) is 0 Å². The number of carbonyl (C=O) groups excluding carboxylic acids is 2. The second-order valence-electron chi connectivity index (χ2n) is 7.79. The van der Waals surface area contributed by atoms with E-state index in [0.717, 1.165) is 43.1 Å². The van der Waals surface area contributed by atoms with Crippen molar-refractivity contribution in [1.29, 1.82) is 0 Å². The van der Waals surface area contributed by atoms with Crippen LogP contribution in [0.3, 0.4) is 0 Å². The van der Waals surface area contributed by atoms with Gasteiger partial charge in [-0.25, -0.2) is 0 Å². The molecule has 1 heterocycles. The molecule has 0 aromatic heterocycles. The molecule has 1 aliphatic carbocycles. The first-order valence-electron chi connectivity index (χ1n) is 9.97. The van der Waals surface area contributed by atoms with Gasteiger partial charge in [-0.2, -0.15) is 0 Å². The first kappa shape index (κ1) is 18.9. The van der Waals surface area contributed by atoms with Gasteiger partial charge in [-0.3, -0.25) is 9.59 Å². The lowest BCUT2D eigenvalue weighted by molar-refractivity contribution is -0.130.